The highest BCUT2D eigenvalue weighted by Crippen LogP contribution is 2.32. The van der Waals surface area contributed by atoms with Gasteiger partial charge in [0.1, 0.15) is 5.82 Å². The number of rotatable bonds is 7. The molecule has 0 radical (unpaired) electrons. The monoisotopic (exact) mass is 361 g/mol. The molecule has 0 spiro atoms. The van der Waals surface area contributed by atoms with Crippen molar-refractivity contribution in [1.82, 2.24) is 24.7 Å². The molecule has 1 saturated heterocycles. The second kappa shape index (κ2) is 8.56. The lowest BCUT2D eigenvalue weighted by molar-refractivity contribution is -0.134. The average Bonchev–Trinajstić information content (AvgIpc) is 3.42. The largest absolute Gasteiger partial charge is 0.342 e. The van der Waals surface area contributed by atoms with E-state index in [2.05, 4.69) is 10.3 Å². The van der Waals surface area contributed by atoms with Gasteiger partial charge >= 0.3 is 6.03 Å². The maximum absolute atomic E-state index is 12.3. The number of nitrogens with zero attached hydrogens (tertiary/aromatic N) is 4. The van der Waals surface area contributed by atoms with Gasteiger partial charge in [0.25, 0.3) is 0 Å². The van der Waals surface area contributed by atoms with Crippen molar-refractivity contribution < 1.29 is 9.59 Å². The van der Waals surface area contributed by atoms with Crippen LogP contribution in [0.25, 0.3) is 0 Å². The summed E-state index contributed by atoms with van der Waals surface area (Å²) in [5, 5.41) is 3.04. The van der Waals surface area contributed by atoms with Gasteiger partial charge in [-0.05, 0) is 38.0 Å². The summed E-state index contributed by atoms with van der Waals surface area (Å²) in [6, 6.07) is -0.0320. The van der Waals surface area contributed by atoms with Crippen molar-refractivity contribution in [1.29, 1.82) is 0 Å². The van der Waals surface area contributed by atoms with E-state index in [0.717, 1.165) is 57.4 Å². The molecule has 1 aromatic rings. The predicted octanol–water partition coefficient (Wildman–Crippen LogP) is 1.64. The summed E-state index contributed by atoms with van der Waals surface area (Å²) in [7, 11) is 3.82. The van der Waals surface area contributed by atoms with Gasteiger partial charge in [-0.1, -0.05) is 0 Å². The van der Waals surface area contributed by atoms with Gasteiger partial charge in [-0.3, -0.25) is 4.79 Å². The molecule has 0 bridgehead atoms. The fraction of sp³-hybridized carbons (Fsp3) is 0.737. The van der Waals surface area contributed by atoms with Gasteiger partial charge in [0, 0.05) is 65.0 Å². The molecule has 26 heavy (non-hydrogen) atoms. The molecule has 2 aliphatic rings. The van der Waals surface area contributed by atoms with Crippen LogP contribution >= 0.6 is 0 Å². The Morgan fingerprint density at radius 2 is 2.15 bits per heavy atom. The van der Waals surface area contributed by atoms with Crippen LogP contribution in [0.4, 0.5) is 4.79 Å². The summed E-state index contributed by atoms with van der Waals surface area (Å²) in [5.74, 6) is 2.03. The standard InChI is InChI=1S/C19H31N5O2/c1-22-12-9-20-17(22)6-4-10-23(2)19(26)21-13-15-5-3-11-24(14-15)18(25)16-7-8-16/h9,12,15-16H,3-8,10-11,13-14H2,1-2H3,(H,21,26). The Morgan fingerprint density at radius 3 is 2.85 bits per heavy atom. The van der Waals surface area contributed by atoms with Gasteiger partial charge in [-0.25, -0.2) is 9.78 Å². The Hall–Kier alpha value is -2.05. The van der Waals surface area contributed by atoms with Crippen LogP contribution in [0, 0.1) is 11.8 Å². The SMILES string of the molecule is CN(CCCc1nccn1C)C(=O)NCC1CCCN(C(=O)C2CC2)C1. The van der Waals surface area contributed by atoms with Crippen LogP contribution in [0.1, 0.15) is 37.9 Å². The first-order valence-electron chi connectivity index (χ1n) is 9.78. The second-order valence-corrected chi connectivity index (χ2v) is 7.73. The third-order valence-electron chi connectivity index (χ3n) is 5.46. The zero-order valence-corrected chi connectivity index (χ0v) is 16.0. The lowest BCUT2D eigenvalue weighted by Crippen LogP contribution is -2.46. The Morgan fingerprint density at radius 1 is 1.35 bits per heavy atom. The molecule has 1 aromatic heterocycles. The number of likely N-dealkylation sites (tertiary alicyclic amines) is 1. The zero-order chi connectivity index (χ0) is 18.5. The highest BCUT2D eigenvalue weighted by Gasteiger charge is 2.35. The minimum absolute atomic E-state index is 0.0320. The van der Waals surface area contributed by atoms with Crippen LogP contribution in [0.15, 0.2) is 12.4 Å². The average molecular weight is 361 g/mol. The Kier molecular flexibility index (Phi) is 6.16. The van der Waals surface area contributed by atoms with Crippen LogP contribution in [0.2, 0.25) is 0 Å². The van der Waals surface area contributed by atoms with Gasteiger partial charge in [-0.2, -0.15) is 0 Å². The van der Waals surface area contributed by atoms with Crippen molar-refractivity contribution >= 4 is 11.9 Å². The molecule has 1 atom stereocenters. The minimum Gasteiger partial charge on any atom is -0.342 e. The van der Waals surface area contributed by atoms with E-state index in [1.165, 1.54) is 0 Å². The normalized spacial score (nSPS) is 20.1. The topological polar surface area (TPSA) is 70.5 Å². The van der Waals surface area contributed by atoms with Gasteiger partial charge in [0.15, 0.2) is 0 Å². The first kappa shape index (κ1) is 18.7. The van der Waals surface area contributed by atoms with Crippen molar-refractivity contribution in [2.45, 2.75) is 38.5 Å². The highest BCUT2D eigenvalue weighted by atomic mass is 16.2. The number of imidazole rings is 1. The molecule has 1 aliphatic carbocycles. The lowest BCUT2D eigenvalue weighted by atomic mass is 9.97. The Bertz CT molecular complexity index is 625. The quantitative estimate of drug-likeness (QED) is 0.803. The summed E-state index contributed by atoms with van der Waals surface area (Å²) in [5.41, 5.74) is 0. The van der Waals surface area contributed by atoms with Gasteiger partial charge in [0.2, 0.25) is 5.91 Å². The smallest absolute Gasteiger partial charge is 0.317 e. The van der Waals surface area contributed by atoms with E-state index in [-0.39, 0.29) is 11.9 Å². The highest BCUT2D eigenvalue weighted by molar-refractivity contribution is 5.81. The maximum Gasteiger partial charge on any atom is 0.317 e. The third kappa shape index (κ3) is 4.99. The number of urea groups is 1. The number of piperidine rings is 1. The summed E-state index contributed by atoms with van der Waals surface area (Å²) in [6.45, 7) is 3.03. The Balaban J connectivity index is 1.34. The first-order valence-corrected chi connectivity index (χ1v) is 9.78. The molecular formula is C19H31N5O2. The fourth-order valence-corrected chi connectivity index (χ4v) is 3.60. The van der Waals surface area contributed by atoms with Gasteiger partial charge < -0.3 is 19.7 Å². The van der Waals surface area contributed by atoms with Crippen molar-refractivity contribution in [3.63, 3.8) is 0 Å². The van der Waals surface area contributed by atoms with E-state index in [4.69, 9.17) is 0 Å². The van der Waals surface area contributed by atoms with E-state index >= 15 is 0 Å². The summed E-state index contributed by atoms with van der Waals surface area (Å²) in [4.78, 5) is 32.6. The Labute approximate surface area is 155 Å². The molecule has 2 heterocycles. The molecule has 7 nitrogen and oxygen atoms in total. The van der Waals surface area contributed by atoms with E-state index in [1.54, 1.807) is 11.1 Å². The summed E-state index contributed by atoms with van der Waals surface area (Å²) >= 11 is 0. The van der Waals surface area contributed by atoms with Crippen LogP contribution < -0.4 is 5.32 Å². The van der Waals surface area contributed by atoms with E-state index in [1.807, 2.05) is 29.8 Å². The zero-order valence-electron chi connectivity index (χ0n) is 16.0. The molecule has 7 heteroatoms. The number of nitrogens with one attached hydrogen (secondary N) is 1. The second-order valence-electron chi connectivity index (χ2n) is 7.73. The molecular weight excluding hydrogens is 330 g/mol. The molecule has 1 aliphatic heterocycles. The van der Waals surface area contributed by atoms with Crippen molar-refractivity contribution in [2.24, 2.45) is 18.9 Å². The van der Waals surface area contributed by atoms with E-state index < -0.39 is 0 Å². The summed E-state index contributed by atoms with van der Waals surface area (Å²) in [6.07, 6.45) is 9.72. The lowest BCUT2D eigenvalue weighted by Gasteiger charge is -2.33. The van der Waals surface area contributed by atoms with Crippen molar-refractivity contribution in [3.8, 4) is 0 Å². The van der Waals surface area contributed by atoms with Crippen LogP contribution in [0.5, 0.6) is 0 Å². The summed E-state index contributed by atoms with van der Waals surface area (Å²) < 4.78 is 2.01. The first-order chi connectivity index (χ1) is 12.5. The van der Waals surface area contributed by atoms with Crippen LogP contribution in [0.3, 0.4) is 0 Å². The molecule has 144 valence electrons. The van der Waals surface area contributed by atoms with E-state index in [9.17, 15) is 9.59 Å². The van der Waals surface area contributed by atoms with Gasteiger partial charge in [0.05, 0.1) is 0 Å². The number of carbonyl (C=O) groups is 2. The van der Waals surface area contributed by atoms with Crippen molar-refractivity contribution in [3.05, 3.63) is 18.2 Å². The number of hydrogen-bond acceptors (Lipinski definition) is 3. The predicted molar refractivity (Wildman–Crippen MR) is 99.6 cm³/mol. The van der Waals surface area contributed by atoms with E-state index in [0.29, 0.717) is 24.9 Å². The van der Waals surface area contributed by atoms with Crippen LogP contribution in [-0.4, -0.2) is 64.5 Å². The molecule has 3 amide bonds. The number of amides is 3. The van der Waals surface area contributed by atoms with Crippen LogP contribution in [-0.2, 0) is 18.3 Å². The molecule has 3 rings (SSSR count). The number of aryl methyl sites for hydroxylation is 2. The van der Waals surface area contributed by atoms with Crippen molar-refractivity contribution in [2.75, 3.05) is 33.2 Å². The fourth-order valence-electron chi connectivity index (χ4n) is 3.60. The minimum atomic E-state index is -0.0320. The number of carbonyl (C=O) groups excluding carboxylic acids is 2. The number of hydrogen-bond donors (Lipinski definition) is 1. The molecule has 1 unspecified atom stereocenters. The molecule has 1 N–H and O–H groups in total. The number of aromatic nitrogens is 2. The molecule has 1 saturated carbocycles. The molecule has 0 aromatic carbocycles. The third-order valence-corrected chi connectivity index (χ3v) is 5.46. The molecule has 2 fully saturated rings. The van der Waals surface area contributed by atoms with Gasteiger partial charge in [-0.15, -0.1) is 0 Å². The maximum atomic E-state index is 12.3.